The molecule has 1 aliphatic rings. The normalized spacial score (nSPS) is 16.5. The van der Waals surface area contributed by atoms with E-state index in [1.54, 1.807) is 25.0 Å². The third-order valence-electron chi connectivity index (χ3n) is 5.37. The molecule has 3 rings (SSSR count). The minimum Gasteiger partial charge on any atom is -0.469 e. The molecular weight excluding hydrogens is 374 g/mol. The molecule has 1 atom stereocenters. The molecule has 29 heavy (non-hydrogen) atoms. The summed E-state index contributed by atoms with van der Waals surface area (Å²) in [6.45, 7) is 4.90. The number of furan rings is 1. The summed E-state index contributed by atoms with van der Waals surface area (Å²) in [5.74, 6) is -0.147. The molecule has 0 aliphatic carbocycles. The molecule has 0 aromatic carbocycles. The van der Waals surface area contributed by atoms with E-state index in [1.807, 2.05) is 12.1 Å². The fourth-order valence-electron chi connectivity index (χ4n) is 3.81. The molecular formula is C21H27N3O5. The minimum atomic E-state index is -0.470. The number of nitrogens with one attached hydrogen (secondary N) is 2. The molecule has 8 heteroatoms. The van der Waals surface area contributed by atoms with Crippen LogP contribution in [0.4, 0.5) is 0 Å². The lowest BCUT2D eigenvalue weighted by molar-refractivity contribution is -0.126. The van der Waals surface area contributed by atoms with Crippen LogP contribution in [0.25, 0.3) is 0 Å². The van der Waals surface area contributed by atoms with E-state index in [2.05, 4.69) is 10.3 Å². The summed E-state index contributed by atoms with van der Waals surface area (Å²) in [4.78, 5) is 42.2. The fraction of sp³-hybridized carbons (Fsp3) is 0.476. The van der Waals surface area contributed by atoms with Crippen LogP contribution in [0.5, 0.6) is 0 Å². The first-order chi connectivity index (χ1) is 13.9. The van der Waals surface area contributed by atoms with Crippen LogP contribution in [0.1, 0.15) is 50.7 Å². The molecule has 1 aliphatic heterocycles. The lowest BCUT2D eigenvalue weighted by atomic mass is 9.96. The molecule has 0 saturated carbocycles. The Hall–Kier alpha value is -3.03. The molecule has 2 aromatic heterocycles. The lowest BCUT2D eigenvalue weighted by Crippen LogP contribution is -2.46. The van der Waals surface area contributed by atoms with Crippen molar-refractivity contribution in [2.75, 3.05) is 26.7 Å². The number of nitrogens with zero attached hydrogens (tertiary/aromatic N) is 1. The number of methoxy groups -OCH3 is 1. The number of hydrogen-bond donors (Lipinski definition) is 2. The first-order valence-corrected chi connectivity index (χ1v) is 9.79. The maximum absolute atomic E-state index is 13.0. The van der Waals surface area contributed by atoms with Gasteiger partial charge in [-0.05, 0) is 44.4 Å². The molecule has 156 valence electrons. The molecule has 2 aromatic rings. The third-order valence-corrected chi connectivity index (χ3v) is 5.37. The van der Waals surface area contributed by atoms with E-state index in [-0.39, 0.29) is 17.7 Å². The van der Waals surface area contributed by atoms with Gasteiger partial charge in [-0.3, -0.25) is 9.59 Å². The summed E-state index contributed by atoms with van der Waals surface area (Å²) in [5, 5.41) is 2.93. The predicted molar refractivity (Wildman–Crippen MR) is 106 cm³/mol. The standard InChI is InChI=1S/C21H27N3O5/c1-13-17(21(27)28-3)14(2)23-18(13)20(26)24-10-4-6-15(12-24)19(25)22-9-8-16-7-5-11-29-16/h5,7,11,15,23H,4,6,8-10,12H2,1-3H3,(H,22,25)/t15-/m1/s1. The molecule has 0 unspecified atom stereocenters. The second-order valence-corrected chi connectivity index (χ2v) is 7.33. The van der Waals surface area contributed by atoms with E-state index in [1.165, 1.54) is 7.11 Å². The minimum absolute atomic E-state index is 0.0521. The molecule has 2 amide bonds. The topological polar surface area (TPSA) is 105 Å². The van der Waals surface area contributed by atoms with Crippen molar-refractivity contribution < 1.29 is 23.5 Å². The van der Waals surface area contributed by atoms with Gasteiger partial charge in [0.05, 0.1) is 24.9 Å². The summed E-state index contributed by atoms with van der Waals surface area (Å²) < 4.78 is 10.1. The summed E-state index contributed by atoms with van der Waals surface area (Å²) in [7, 11) is 1.31. The first kappa shape index (κ1) is 20.7. The Kier molecular flexibility index (Phi) is 6.41. The predicted octanol–water partition coefficient (Wildman–Crippen LogP) is 2.22. The van der Waals surface area contributed by atoms with Crippen molar-refractivity contribution in [1.29, 1.82) is 0 Å². The monoisotopic (exact) mass is 401 g/mol. The van der Waals surface area contributed by atoms with Crippen LogP contribution in [-0.2, 0) is 16.0 Å². The number of hydrogen-bond acceptors (Lipinski definition) is 5. The zero-order valence-electron chi connectivity index (χ0n) is 17.0. The summed E-state index contributed by atoms with van der Waals surface area (Å²) in [6, 6.07) is 3.69. The molecule has 2 N–H and O–H groups in total. The van der Waals surface area contributed by atoms with Crippen LogP contribution in [-0.4, -0.2) is 54.4 Å². The number of H-pyrrole nitrogens is 1. The molecule has 8 nitrogen and oxygen atoms in total. The average Bonchev–Trinajstić information content (AvgIpc) is 3.34. The molecule has 3 heterocycles. The Balaban J connectivity index is 1.62. The van der Waals surface area contributed by atoms with Gasteiger partial charge in [0.15, 0.2) is 0 Å². The van der Waals surface area contributed by atoms with Gasteiger partial charge in [-0.2, -0.15) is 0 Å². The van der Waals surface area contributed by atoms with Crippen molar-refractivity contribution in [1.82, 2.24) is 15.2 Å². The van der Waals surface area contributed by atoms with E-state index >= 15 is 0 Å². The highest BCUT2D eigenvalue weighted by Gasteiger charge is 2.31. The van der Waals surface area contributed by atoms with Crippen molar-refractivity contribution in [2.24, 2.45) is 5.92 Å². The Morgan fingerprint density at radius 2 is 2.14 bits per heavy atom. The van der Waals surface area contributed by atoms with Gasteiger partial charge in [-0.15, -0.1) is 0 Å². The van der Waals surface area contributed by atoms with Gasteiger partial charge >= 0.3 is 5.97 Å². The van der Waals surface area contributed by atoms with E-state index in [0.717, 1.165) is 18.6 Å². The molecule has 0 spiro atoms. The SMILES string of the molecule is COC(=O)c1c(C)[nH]c(C(=O)N2CCC[C@@H](C(=O)NCCc3ccco3)C2)c1C. The van der Waals surface area contributed by atoms with Gasteiger partial charge in [-0.1, -0.05) is 0 Å². The second-order valence-electron chi connectivity index (χ2n) is 7.33. The number of aryl methyl sites for hydroxylation is 1. The number of rotatable bonds is 6. The second kappa shape index (κ2) is 8.98. The van der Waals surface area contributed by atoms with Crippen LogP contribution in [0.2, 0.25) is 0 Å². The first-order valence-electron chi connectivity index (χ1n) is 9.79. The number of likely N-dealkylation sites (tertiary alicyclic amines) is 1. The average molecular weight is 401 g/mol. The van der Waals surface area contributed by atoms with Crippen molar-refractivity contribution >= 4 is 17.8 Å². The maximum atomic E-state index is 13.0. The van der Waals surface area contributed by atoms with E-state index in [9.17, 15) is 14.4 Å². The van der Waals surface area contributed by atoms with Gasteiger partial charge in [0.2, 0.25) is 5.91 Å². The lowest BCUT2D eigenvalue weighted by Gasteiger charge is -2.32. The Morgan fingerprint density at radius 1 is 1.34 bits per heavy atom. The summed E-state index contributed by atoms with van der Waals surface area (Å²) in [5.41, 5.74) is 1.94. The number of amides is 2. The zero-order chi connectivity index (χ0) is 21.0. The molecule has 0 bridgehead atoms. The van der Waals surface area contributed by atoms with Gasteiger partial charge in [0.25, 0.3) is 5.91 Å². The number of carbonyl (C=O) groups excluding carboxylic acids is 3. The number of carbonyl (C=O) groups is 3. The van der Waals surface area contributed by atoms with Crippen molar-refractivity contribution in [3.05, 3.63) is 46.7 Å². The van der Waals surface area contributed by atoms with Crippen molar-refractivity contribution in [2.45, 2.75) is 33.1 Å². The Morgan fingerprint density at radius 3 is 2.83 bits per heavy atom. The molecule has 1 saturated heterocycles. The molecule has 0 radical (unpaired) electrons. The van der Waals surface area contributed by atoms with Crippen LogP contribution in [0.3, 0.4) is 0 Å². The van der Waals surface area contributed by atoms with E-state index < -0.39 is 5.97 Å². The van der Waals surface area contributed by atoms with Crippen LogP contribution in [0, 0.1) is 19.8 Å². The highest BCUT2D eigenvalue weighted by molar-refractivity contribution is 6.00. The Bertz CT molecular complexity index is 885. The van der Waals surface area contributed by atoms with Crippen LogP contribution in [0.15, 0.2) is 22.8 Å². The number of aromatic amines is 1. The van der Waals surface area contributed by atoms with Gasteiger partial charge in [-0.25, -0.2) is 4.79 Å². The number of ether oxygens (including phenoxy) is 1. The van der Waals surface area contributed by atoms with Crippen LogP contribution < -0.4 is 5.32 Å². The van der Waals surface area contributed by atoms with Crippen molar-refractivity contribution in [3.63, 3.8) is 0 Å². The zero-order valence-corrected chi connectivity index (χ0v) is 17.0. The third kappa shape index (κ3) is 4.52. The summed E-state index contributed by atoms with van der Waals surface area (Å²) >= 11 is 0. The van der Waals surface area contributed by atoms with Gasteiger partial charge in [0.1, 0.15) is 11.5 Å². The fourth-order valence-corrected chi connectivity index (χ4v) is 3.81. The van der Waals surface area contributed by atoms with E-state index in [0.29, 0.717) is 48.6 Å². The highest BCUT2D eigenvalue weighted by Crippen LogP contribution is 2.23. The summed E-state index contributed by atoms with van der Waals surface area (Å²) in [6.07, 6.45) is 3.74. The van der Waals surface area contributed by atoms with Gasteiger partial charge in [0, 0.05) is 31.7 Å². The quantitative estimate of drug-likeness (QED) is 0.722. The van der Waals surface area contributed by atoms with Crippen LogP contribution >= 0.6 is 0 Å². The Labute approximate surface area is 169 Å². The molecule has 1 fully saturated rings. The number of aromatic nitrogens is 1. The largest absolute Gasteiger partial charge is 0.469 e. The number of esters is 1. The highest BCUT2D eigenvalue weighted by atomic mass is 16.5. The van der Waals surface area contributed by atoms with Crippen molar-refractivity contribution in [3.8, 4) is 0 Å². The maximum Gasteiger partial charge on any atom is 0.339 e. The number of piperidine rings is 1. The smallest absolute Gasteiger partial charge is 0.339 e. The van der Waals surface area contributed by atoms with E-state index in [4.69, 9.17) is 9.15 Å². The van der Waals surface area contributed by atoms with Gasteiger partial charge < -0.3 is 24.4 Å².